The van der Waals surface area contributed by atoms with Crippen molar-refractivity contribution in [1.82, 2.24) is 0 Å². The molecule has 2 aliphatic rings. The van der Waals surface area contributed by atoms with Gasteiger partial charge in [0, 0.05) is 16.8 Å². The number of hydrogen-bond acceptors (Lipinski definition) is 7. The highest BCUT2D eigenvalue weighted by atomic mass is 16.5. The van der Waals surface area contributed by atoms with Crippen LogP contribution in [-0.4, -0.2) is 47.7 Å². The average Bonchev–Trinajstić information content (AvgIpc) is 3.53. The molecule has 0 bridgehead atoms. The van der Waals surface area contributed by atoms with Gasteiger partial charge in [0.15, 0.2) is 5.54 Å². The van der Waals surface area contributed by atoms with E-state index in [2.05, 4.69) is 0 Å². The SMILES string of the molecule is CCOC(=O)C1=C(c2ccccc2)N=C(c2ccc(C)cc2)C12/C(=C(\O)c1ccc(C)cc1)C(=O)C(=O)N2c1ccc(OC)cc1. The number of carbonyl (C=O) groups excluding carboxylic acids is 3. The van der Waals surface area contributed by atoms with Crippen LogP contribution in [0.5, 0.6) is 5.75 Å². The molecule has 46 heavy (non-hydrogen) atoms. The van der Waals surface area contributed by atoms with Gasteiger partial charge in [-0.2, -0.15) is 0 Å². The van der Waals surface area contributed by atoms with Crippen LogP contribution in [0.3, 0.4) is 0 Å². The molecule has 8 nitrogen and oxygen atoms in total. The van der Waals surface area contributed by atoms with Gasteiger partial charge in [0.1, 0.15) is 17.1 Å². The Morgan fingerprint density at radius 2 is 1.43 bits per heavy atom. The topological polar surface area (TPSA) is 106 Å². The van der Waals surface area contributed by atoms with E-state index >= 15 is 0 Å². The van der Waals surface area contributed by atoms with Crippen molar-refractivity contribution < 1.29 is 29.0 Å². The first-order valence-corrected chi connectivity index (χ1v) is 14.9. The fourth-order valence-corrected chi connectivity index (χ4v) is 6.05. The predicted molar refractivity (Wildman–Crippen MR) is 177 cm³/mol. The van der Waals surface area contributed by atoms with Crippen LogP contribution < -0.4 is 9.64 Å². The van der Waals surface area contributed by atoms with Gasteiger partial charge in [0.25, 0.3) is 5.78 Å². The summed E-state index contributed by atoms with van der Waals surface area (Å²) in [5.41, 5.74) is 1.72. The minimum absolute atomic E-state index is 0.0216. The van der Waals surface area contributed by atoms with E-state index in [1.54, 1.807) is 67.6 Å². The third kappa shape index (κ3) is 4.79. The number of nitrogens with zero attached hydrogens (tertiary/aromatic N) is 2. The Labute approximate surface area is 266 Å². The highest BCUT2D eigenvalue weighted by Gasteiger charge is 2.67. The van der Waals surface area contributed by atoms with E-state index in [0.29, 0.717) is 28.1 Å². The molecule has 6 rings (SSSR count). The summed E-state index contributed by atoms with van der Waals surface area (Å²) in [6, 6.07) is 30.0. The fraction of sp³-hybridized carbons (Fsp3) is 0.158. The molecule has 0 aromatic heterocycles. The number of ether oxygens (including phenoxy) is 2. The summed E-state index contributed by atoms with van der Waals surface area (Å²) in [5, 5.41) is 12.1. The average molecular weight is 613 g/mol. The number of hydrogen-bond donors (Lipinski definition) is 1. The number of aliphatic hydroxyl groups excluding tert-OH is 1. The Kier molecular flexibility index (Phi) is 7.88. The number of amides is 1. The molecule has 4 aromatic rings. The van der Waals surface area contributed by atoms with Gasteiger partial charge in [-0.3, -0.25) is 14.5 Å². The second kappa shape index (κ2) is 12.0. The van der Waals surface area contributed by atoms with Gasteiger partial charge in [-0.05, 0) is 50.6 Å². The standard InChI is InChI=1S/C38H32N2O6/c1-5-46-37(44)30-32(25-9-7-6-8-10-25)39-35(27-17-13-24(3)14-18-27)38(30)31(33(41)26-15-11-23(2)12-16-26)34(42)36(43)40(38)28-19-21-29(45-4)22-20-28/h6-22,41H,5H2,1-4H3/b33-31-. The van der Waals surface area contributed by atoms with E-state index in [1.165, 1.54) is 12.0 Å². The summed E-state index contributed by atoms with van der Waals surface area (Å²) in [4.78, 5) is 49.5. The number of rotatable bonds is 7. The molecule has 1 N–H and O–H groups in total. The summed E-state index contributed by atoms with van der Waals surface area (Å²) >= 11 is 0. The molecule has 1 amide bonds. The predicted octanol–water partition coefficient (Wildman–Crippen LogP) is 6.41. The van der Waals surface area contributed by atoms with Crippen LogP contribution in [0.4, 0.5) is 5.69 Å². The Hall–Kier alpha value is -5.76. The van der Waals surface area contributed by atoms with Gasteiger partial charge >= 0.3 is 11.9 Å². The lowest BCUT2D eigenvalue weighted by atomic mass is 9.75. The van der Waals surface area contributed by atoms with Crippen LogP contribution in [0.2, 0.25) is 0 Å². The number of carbonyl (C=O) groups is 3. The van der Waals surface area contributed by atoms with Crippen molar-refractivity contribution in [2.75, 3.05) is 18.6 Å². The zero-order valence-electron chi connectivity index (χ0n) is 25.9. The first-order valence-electron chi connectivity index (χ1n) is 14.9. The number of aliphatic hydroxyl groups is 1. The van der Waals surface area contributed by atoms with Crippen LogP contribution >= 0.6 is 0 Å². The van der Waals surface area contributed by atoms with Crippen LogP contribution in [0.15, 0.2) is 119 Å². The lowest BCUT2D eigenvalue weighted by Gasteiger charge is -2.38. The van der Waals surface area contributed by atoms with Crippen molar-refractivity contribution in [3.63, 3.8) is 0 Å². The van der Waals surface area contributed by atoms with Crippen molar-refractivity contribution in [3.8, 4) is 5.75 Å². The molecule has 1 atom stereocenters. The molecule has 0 radical (unpaired) electrons. The summed E-state index contributed by atoms with van der Waals surface area (Å²) < 4.78 is 11.0. The van der Waals surface area contributed by atoms with Gasteiger partial charge in [0.2, 0.25) is 0 Å². The number of aryl methyl sites for hydroxylation is 2. The Balaban J connectivity index is 1.81. The van der Waals surface area contributed by atoms with Crippen molar-refractivity contribution in [3.05, 3.63) is 142 Å². The molecule has 2 heterocycles. The summed E-state index contributed by atoms with van der Waals surface area (Å²) in [5.74, 6) is -2.59. The summed E-state index contributed by atoms with van der Waals surface area (Å²) in [7, 11) is 1.52. The first-order chi connectivity index (χ1) is 22.2. The quantitative estimate of drug-likeness (QED) is 0.112. The van der Waals surface area contributed by atoms with Crippen LogP contribution in [-0.2, 0) is 19.1 Å². The molecule has 230 valence electrons. The third-order valence-corrected chi connectivity index (χ3v) is 8.23. The molecule has 0 aliphatic carbocycles. The molecule has 0 saturated carbocycles. The monoisotopic (exact) mass is 612 g/mol. The Morgan fingerprint density at radius 1 is 0.826 bits per heavy atom. The lowest BCUT2D eigenvalue weighted by molar-refractivity contribution is -0.138. The van der Waals surface area contributed by atoms with E-state index in [4.69, 9.17) is 14.5 Å². The molecule has 1 spiro atoms. The van der Waals surface area contributed by atoms with E-state index in [0.717, 1.165) is 11.1 Å². The van der Waals surface area contributed by atoms with E-state index in [9.17, 15) is 19.5 Å². The number of aliphatic imine (C=N–C) groups is 1. The molecule has 1 fully saturated rings. The molecule has 1 unspecified atom stereocenters. The molecular weight excluding hydrogens is 580 g/mol. The normalized spacial score (nSPS) is 18.7. The smallest absolute Gasteiger partial charge is 0.339 e. The Morgan fingerprint density at radius 3 is 2.02 bits per heavy atom. The number of esters is 1. The van der Waals surface area contributed by atoms with Gasteiger partial charge in [0.05, 0.1) is 30.7 Å². The number of Topliss-reactive ketones (excluding diaryl/α,β-unsaturated/α-hetero) is 1. The molecular formula is C38H32N2O6. The van der Waals surface area contributed by atoms with Gasteiger partial charge in [-0.1, -0.05) is 90.0 Å². The van der Waals surface area contributed by atoms with E-state index < -0.39 is 29.0 Å². The van der Waals surface area contributed by atoms with E-state index in [-0.39, 0.29) is 29.2 Å². The maximum atomic E-state index is 14.4. The number of anilines is 1. The van der Waals surface area contributed by atoms with Crippen molar-refractivity contribution >= 4 is 40.5 Å². The summed E-state index contributed by atoms with van der Waals surface area (Å²) in [6.45, 7) is 5.54. The zero-order chi connectivity index (χ0) is 32.6. The van der Waals surface area contributed by atoms with Crippen LogP contribution in [0.1, 0.15) is 34.7 Å². The Bertz CT molecular complexity index is 1940. The zero-order valence-corrected chi connectivity index (χ0v) is 25.9. The van der Waals surface area contributed by atoms with Gasteiger partial charge in [-0.25, -0.2) is 9.79 Å². The number of ketones is 1. The minimum atomic E-state index is -2.01. The van der Waals surface area contributed by atoms with Crippen LogP contribution in [0, 0.1) is 13.8 Å². The van der Waals surface area contributed by atoms with Crippen molar-refractivity contribution in [2.24, 2.45) is 4.99 Å². The lowest BCUT2D eigenvalue weighted by Crippen LogP contribution is -2.55. The van der Waals surface area contributed by atoms with Crippen molar-refractivity contribution in [2.45, 2.75) is 26.3 Å². The van der Waals surface area contributed by atoms with Gasteiger partial charge < -0.3 is 14.6 Å². The third-order valence-electron chi connectivity index (χ3n) is 8.23. The highest BCUT2D eigenvalue weighted by Crippen LogP contribution is 2.53. The maximum Gasteiger partial charge on any atom is 0.339 e. The largest absolute Gasteiger partial charge is 0.507 e. The second-order valence-electron chi connectivity index (χ2n) is 11.1. The first kappa shape index (κ1) is 30.3. The molecule has 1 saturated heterocycles. The minimum Gasteiger partial charge on any atom is -0.507 e. The molecule has 4 aromatic carbocycles. The number of methoxy groups -OCH3 is 1. The fourth-order valence-electron chi connectivity index (χ4n) is 6.05. The van der Waals surface area contributed by atoms with E-state index in [1.807, 2.05) is 56.3 Å². The van der Waals surface area contributed by atoms with Crippen molar-refractivity contribution in [1.29, 1.82) is 0 Å². The second-order valence-corrected chi connectivity index (χ2v) is 11.1. The maximum absolute atomic E-state index is 14.4. The number of benzene rings is 4. The van der Waals surface area contributed by atoms with Gasteiger partial charge in [-0.15, -0.1) is 0 Å². The highest BCUT2D eigenvalue weighted by molar-refractivity contribution is 6.57. The molecule has 2 aliphatic heterocycles. The molecule has 8 heteroatoms. The van der Waals surface area contributed by atoms with Crippen LogP contribution in [0.25, 0.3) is 11.5 Å². The summed E-state index contributed by atoms with van der Waals surface area (Å²) in [6.07, 6.45) is 0.